The van der Waals surface area contributed by atoms with Gasteiger partial charge in [-0.1, -0.05) is 26.8 Å². The van der Waals surface area contributed by atoms with Gasteiger partial charge in [-0.3, -0.25) is 4.79 Å². The Morgan fingerprint density at radius 2 is 2.23 bits per heavy atom. The van der Waals surface area contributed by atoms with Crippen molar-refractivity contribution in [3.63, 3.8) is 0 Å². The Morgan fingerprint density at radius 3 is 2.91 bits per heavy atom. The lowest BCUT2D eigenvalue weighted by molar-refractivity contribution is -0.153. The molecule has 0 spiro atoms. The van der Waals surface area contributed by atoms with Crippen LogP contribution in [-0.2, 0) is 19.1 Å². The molecule has 0 radical (unpaired) electrons. The summed E-state index contributed by atoms with van der Waals surface area (Å²) in [6.07, 6.45) is 5.88. The monoisotopic (exact) mass is 302 g/mol. The maximum absolute atomic E-state index is 11.8. The lowest BCUT2D eigenvalue weighted by atomic mass is 9.60. The Hall–Kier alpha value is -1.84. The molecule has 3 atom stereocenters. The van der Waals surface area contributed by atoms with Gasteiger partial charge in [-0.25, -0.2) is 4.79 Å². The number of carbonyl (C=O) groups is 2. The molecule has 1 aliphatic heterocycles. The van der Waals surface area contributed by atoms with Gasteiger partial charge in [0.25, 0.3) is 0 Å². The molecule has 0 N–H and O–H groups in total. The molecule has 3 aliphatic rings. The summed E-state index contributed by atoms with van der Waals surface area (Å²) in [6, 6.07) is 0. The molecule has 0 bridgehead atoms. The molecule has 2 aliphatic carbocycles. The first kappa shape index (κ1) is 15.1. The predicted molar refractivity (Wildman–Crippen MR) is 81.6 cm³/mol. The smallest absolute Gasteiger partial charge is 0.339 e. The minimum Gasteiger partial charge on any atom is -0.462 e. The number of allylic oxidation sites excluding steroid dienone is 3. The molecule has 0 aromatic heterocycles. The highest BCUT2D eigenvalue weighted by molar-refractivity contribution is 5.94. The lowest BCUT2D eigenvalue weighted by Gasteiger charge is -2.46. The molecule has 0 aromatic carbocycles. The first-order chi connectivity index (χ1) is 10.4. The van der Waals surface area contributed by atoms with Crippen LogP contribution in [0.15, 0.2) is 34.6 Å². The average Bonchev–Trinajstić information content (AvgIpc) is 2.76. The summed E-state index contributed by atoms with van der Waals surface area (Å²) in [6.45, 7) is 7.95. The fourth-order valence-electron chi connectivity index (χ4n) is 3.63. The van der Waals surface area contributed by atoms with Crippen molar-refractivity contribution in [2.24, 2.45) is 11.3 Å². The minimum absolute atomic E-state index is 0.102. The molecule has 3 rings (SSSR count). The third-order valence-corrected chi connectivity index (χ3v) is 5.45. The Morgan fingerprint density at radius 1 is 1.50 bits per heavy atom. The molecule has 0 aromatic rings. The van der Waals surface area contributed by atoms with Crippen LogP contribution in [0.3, 0.4) is 0 Å². The predicted octanol–water partition coefficient (Wildman–Crippen LogP) is 3.44. The third-order valence-electron chi connectivity index (χ3n) is 5.45. The molecule has 0 fully saturated rings. The van der Waals surface area contributed by atoms with Crippen molar-refractivity contribution in [1.82, 2.24) is 0 Å². The number of fused-ring (bicyclic) bond motifs is 2. The first-order valence-electron chi connectivity index (χ1n) is 7.91. The second kappa shape index (κ2) is 5.11. The van der Waals surface area contributed by atoms with Crippen molar-refractivity contribution >= 4 is 11.9 Å². The number of esters is 2. The Balaban J connectivity index is 1.95. The topological polar surface area (TPSA) is 52.6 Å². The molecule has 0 saturated heterocycles. The normalized spacial score (nSPS) is 33.5. The van der Waals surface area contributed by atoms with E-state index in [0.29, 0.717) is 24.2 Å². The zero-order chi connectivity index (χ0) is 16.1. The van der Waals surface area contributed by atoms with Crippen LogP contribution in [0.5, 0.6) is 0 Å². The quantitative estimate of drug-likeness (QED) is 0.733. The number of ether oxygens (including phenoxy) is 2. The number of carbonyl (C=O) groups excluding carboxylic acids is 2. The summed E-state index contributed by atoms with van der Waals surface area (Å²) < 4.78 is 10.9. The lowest BCUT2D eigenvalue weighted by Crippen LogP contribution is -2.42. The van der Waals surface area contributed by atoms with E-state index in [1.54, 1.807) is 0 Å². The minimum atomic E-state index is -0.245. The zero-order valence-electron chi connectivity index (χ0n) is 13.6. The van der Waals surface area contributed by atoms with Gasteiger partial charge in [0.2, 0.25) is 0 Å². The van der Waals surface area contributed by atoms with Crippen LogP contribution in [-0.4, -0.2) is 18.0 Å². The fourth-order valence-corrected chi connectivity index (χ4v) is 3.63. The van der Waals surface area contributed by atoms with E-state index in [2.05, 4.69) is 19.9 Å². The van der Waals surface area contributed by atoms with Gasteiger partial charge in [-0.2, -0.15) is 0 Å². The van der Waals surface area contributed by atoms with Crippen molar-refractivity contribution in [3.8, 4) is 0 Å². The number of rotatable bonds is 2. The van der Waals surface area contributed by atoms with Crippen molar-refractivity contribution in [3.05, 3.63) is 34.6 Å². The Kier molecular flexibility index (Phi) is 3.50. The molecule has 4 heteroatoms. The van der Waals surface area contributed by atoms with E-state index in [-0.39, 0.29) is 29.4 Å². The highest BCUT2D eigenvalue weighted by atomic mass is 16.5. The second-order valence-corrected chi connectivity index (χ2v) is 6.66. The molecular weight excluding hydrogens is 280 g/mol. The Labute approximate surface area is 130 Å². The van der Waals surface area contributed by atoms with Gasteiger partial charge >= 0.3 is 11.9 Å². The SMILES string of the molecule is CCC(=O)OC1CC=C2C=C3OC(=O)C(C)=C3CC2(C)C1C. The molecule has 118 valence electrons. The summed E-state index contributed by atoms with van der Waals surface area (Å²) in [4.78, 5) is 23.4. The van der Waals surface area contributed by atoms with Crippen LogP contribution in [0.2, 0.25) is 0 Å². The average molecular weight is 302 g/mol. The molecule has 0 amide bonds. The van der Waals surface area contributed by atoms with Gasteiger partial charge in [0.1, 0.15) is 11.9 Å². The number of hydrogen-bond acceptors (Lipinski definition) is 4. The van der Waals surface area contributed by atoms with Crippen molar-refractivity contribution < 1.29 is 19.1 Å². The largest absolute Gasteiger partial charge is 0.462 e. The van der Waals surface area contributed by atoms with E-state index in [0.717, 1.165) is 12.0 Å². The molecule has 0 saturated carbocycles. The molecular formula is C18H22O4. The van der Waals surface area contributed by atoms with Gasteiger partial charge < -0.3 is 9.47 Å². The summed E-state index contributed by atoms with van der Waals surface area (Å²) in [7, 11) is 0. The van der Waals surface area contributed by atoms with E-state index in [9.17, 15) is 9.59 Å². The summed E-state index contributed by atoms with van der Waals surface area (Å²) in [5.41, 5.74) is 2.75. The van der Waals surface area contributed by atoms with Gasteiger partial charge in [0.05, 0.1) is 0 Å². The van der Waals surface area contributed by atoms with Crippen LogP contribution in [0.4, 0.5) is 0 Å². The highest BCUT2D eigenvalue weighted by Gasteiger charge is 2.47. The number of hydrogen-bond donors (Lipinski definition) is 0. The van der Waals surface area contributed by atoms with Gasteiger partial charge in [0, 0.05) is 35.3 Å². The van der Waals surface area contributed by atoms with Crippen molar-refractivity contribution in [1.29, 1.82) is 0 Å². The van der Waals surface area contributed by atoms with E-state index in [4.69, 9.17) is 9.47 Å². The van der Waals surface area contributed by atoms with E-state index >= 15 is 0 Å². The van der Waals surface area contributed by atoms with Crippen LogP contribution >= 0.6 is 0 Å². The van der Waals surface area contributed by atoms with Crippen molar-refractivity contribution in [2.75, 3.05) is 0 Å². The Bertz CT molecular complexity index is 637. The molecule has 3 unspecified atom stereocenters. The summed E-state index contributed by atoms with van der Waals surface area (Å²) >= 11 is 0. The standard InChI is InChI=1S/C18H22O4/c1-5-16(19)21-14-7-6-12-8-15-13(10(2)17(20)22-15)9-18(12,4)11(14)3/h6,8,11,14H,5,7,9H2,1-4H3. The van der Waals surface area contributed by atoms with Crippen molar-refractivity contribution in [2.45, 2.75) is 53.1 Å². The van der Waals surface area contributed by atoms with Gasteiger partial charge in [0.15, 0.2) is 0 Å². The van der Waals surface area contributed by atoms with E-state index in [1.165, 1.54) is 5.57 Å². The zero-order valence-corrected chi connectivity index (χ0v) is 13.6. The molecule has 4 nitrogen and oxygen atoms in total. The third kappa shape index (κ3) is 2.13. The maximum Gasteiger partial charge on any atom is 0.339 e. The second-order valence-electron chi connectivity index (χ2n) is 6.66. The van der Waals surface area contributed by atoms with Crippen LogP contribution in [0, 0.1) is 11.3 Å². The molecule has 1 heterocycles. The van der Waals surface area contributed by atoms with Gasteiger partial charge in [-0.15, -0.1) is 0 Å². The maximum atomic E-state index is 11.8. The van der Waals surface area contributed by atoms with E-state index < -0.39 is 0 Å². The van der Waals surface area contributed by atoms with Crippen LogP contribution in [0.1, 0.15) is 47.0 Å². The first-order valence-corrected chi connectivity index (χ1v) is 7.91. The fraction of sp³-hybridized carbons (Fsp3) is 0.556. The summed E-state index contributed by atoms with van der Waals surface area (Å²) in [5, 5.41) is 0. The van der Waals surface area contributed by atoms with Gasteiger partial charge in [-0.05, 0) is 25.0 Å². The van der Waals surface area contributed by atoms with Crippen LogP contribution in [0.25, 0.3) is 0 Å². The van der Waals surface area contributed by atoms with Crippen LogP contribution < -0.4 is 0 Å². The summed E-state index contributed by atoms with van der Waals surface area (Å²) in [5.74, 6) is 0.490. The highest BCUT2D eigenvalue weighted by Crippen LogP contribution is 2.53. The van der Waals surface area contributed by atoms with E-state index in [1.807, 2.05) is 19.9 Å². The molecule has 22 heavy (non-hydrogen) atoms.